The quantitative estimate of drug-likeness (QED) is 0.394. The van der Waals surface area contributed by atoms with Gasteiger partial charge in [0.1, 0.15) is 0 Å². The first-order valence-electron chi connectivity index (χ1n) is 7.83. The van der Waals surface area contributed by atoms with E-state index in [1.165, 1.54) is 0 Å². The second-order valence-corrected chi connectivity index (χ2v) is 5.90. The van der Waals surface area contributed by atoms with Crippen LogP contribution in [0.25, 0.3) is 0 Å². The van der Waals surface area contributed by atoms with Crippen molar-refractivity contribution in [2.75, 3.05) is 20.7 Å². The lowest BCUT2D eigenvalue weighted by molar-refractivity contribution is 0.392. The number of nitrogens with zero attached hydrogens (tertiary/aromatic N) is 4. The molecule has 6 nitrogen and oxygen atoms in total. The molecule has 0 saturated heterocycles. The maximum Gasteiger partial charge on any atom is 0.218 e. The molecule has 138 valence electrons. The monoisotopic (exact) mass is 477 g/mol. The Balaban J connectivity index is 0.00000312. The summed E-state index contributed by atoms with van der Waals surface area (Å²) in [6.45, 7) is 4.05. The third-order valence-electron chi connectivity index (χ3n) is 3.61. The number of aromatic nitrogens is 2. The summed E-state index contributed by atoms with van der Waals surface area (Å²) in [5.74, 6) is 1.43. The first-order valence-corrected chi connectivity index (χ1v) is 8.21. The van der Waals surface area contributed by atoms with Gasteiger partial charge in [-0.1, -0.05) is 17.7 Å². The van der Waals surface area contributed by atoms with Crippen molar-refractivity contribution in [2.45, 2.75) is 20.0 Å². The van der Waals surface area contributed by atoms with Crippen LogP contribution in [0.15, 0.2) is 35.6 Å². The Hall–Kier alpha value is -1.48. The molecule has 2 aromatic heterocycles. The number of nitrogens with one attached hydrogen (secondary N) is 1. The van der Waals surface area contributed by atoms with Gasteiger partial charge in [-0.3, -0.25) is 0 Å². The number of pyridine rings is 1. The highest BCUT2D eigenvalue weighted by Gasteiger charge is 2.10. The van der Waals surface area contributed by atoms with E-state index in [4.69, 9.17) is 21.3 Å². The van der Waals surface area contributed by atoms with Crippen molar-refractivity contribution < 1.29 is 4.74 Å². The van der Waals surface area contributed by atoms with Crippen molar-refractivity contribution >= 4 is 41.5 Å². The number of aliphatic imine (C=N–C) groups is 1. The van der Waals surface area contributed by atoms with Crippen LogP contribution >= 0.6 is 35.6 Å². The summed E-state index contributed by atoms with van der Waals surface area (Å²) in [4.78, 5) is 11.0. The van der Waals surface area contributed by atoms with E-state index < -0.39 is 0 Å². The van der Waals surface area contributed by atoms with Gasteiger partial charge < -0.3 is 19.5 Å². The molecule has 2 aromatic rings. The van der Waals surface area contributed by atoms with Gasteiger partial charge in [0, 0.05) is 44.3 Å². The van der Waals surface area contributed by atoms with Gasteiger partial charge in [0.05, 0.1) is 25.2 Å². The van der Waals surface area contributed by atoms with Crippen LogP contribution in [-0.4, -0.2) is 41.1 Å². The van der Waals surface area contributed by atoms with Gasteiger partial charge in [0.25, 0.3) is 0 Å². The number of halogens is 2. The molecule has 0 radical (unpaired) electrons. The van der Waals surface area contributed by atoms with E-state index in [-0.39, 0.29) is 24.0 Å². The van der Waals surface area contributed by atoms with Crippen molar-refractivity contribution in [2.24, 2.45) is 12.0 Å². The summed E-state index contributed by atoms with van der Waals surface area (Å²) in [6, 6.07) is 5.82. The number of rotatable bonds is 6. The molecule has 0 spiro atoms. The minimum atomic E-state index is 0. The largest absolute Gasteiger partial charge is 0.481 e. The third kappa shape index (κ3) is 6.07. The third-order valence-corrected chi connectivity index (χ3v) is 3.82. The molecular weight excluding hydrogens is 453 g/mol. The molecule has 0 atom stereocenters. The van der Waals surface area contributed by atoms with Crippen LogP contribution < -0.4 is 10.1 Å². The van der Waals surface area contributed by atoms with Crippen molar-refractivity contribution in [1.29, 1.82) is 0 Å². The number of guanidine groups is 1. The smallest absolute Gasteiger partial charge is 0.218 e. The predicted molar refractivity (Wildman–Crippen MR) is 113 cm³/mol. The molecular formula is C17H25ClIN5O. The van der Waals surface area contributed by atoms with E-state index in [9.17, 15) is 0 Å². The molecule has 0 fully saturated rings. The van der Waals surface area contributed by atoms with Crippen LogP contribution in [0.4, 0.5) is 0 Å². The topological polar surface area (TPSA) is 54.7 Å². The van der Waals surface area contributed by atoms with Gasteiger partial charge >= 0.3 is 0 Å². The maximum atomic E-state index is 6.06. The van der Waals surface area contributed by atoms with Gasteiger partial charge in [0.15, 0.2) is 5.96 Å². The summed E-state index contributed by atoms with van der Waals surface area (Å²) in [6.07, 6.45) is 3.61. The molecule has 0 aliphatic rings. The van der Waals surface area contributed by atoms with Crippen LogP contribution in [0, 0.1) is 0 Å². The van der Waals surface area contributed by atoms with Gasteiger partial charge in [-0.2, -0.15) is 0 Å². The van der Waals surface area contributed by atoms with E-state index in [2.05, 4.69) is 15.2 Å². The zero-order valence-electron chi connectivity index (χ0n) is 15.0. The van der Waals surface area contributed by atoms with Gasteiger partial charge in [-0.05, 0) is 19.1 Å². The van der Waals surface area contributed by atoms with E-state index in [1.807, 2.05) is 50.0 Å². The zero-order chi connectivity index (χ0) is 17.5. The summed E-state index contributed by atoms with van der Waals surface area (Å²) in [7, 11) is 5.61. The molecule has 25 heavy (non-hydrogen) atoms. The molecule has 0 unspecified atom stereocenters. The van der Waals surface area contributed by atoms with Gasteiger partial charge in [-0.15, -0.1) is 24.0 Å². The van der Waals surface area contributed by atoms with E-state index in [0.29, 0.717) is 19.0 Å². The summed E-state index contributed by atoms with van der Waals surface area (Å²) < 4.78 is 7.30. The molecule has 0 bridgehead atoms. The summed E-state index contributed by atoms with van der Waals surface area (Å²) in [5.41, 5.74) is 2.07. The van der Waals surface area contributed by atoms with Crippen molar-refractivity contribution in [1.82, 2.24) is 19.8 Å². The van der Waals surface area contributed by atoms with E-state index in [0.717, 1.165) is 28.8 Å². The Morgan fingerprint density at radius 2 is 2.24 bits per heavy atom. The number of ether oxygens (including phenoxy) is 1. The zero-order valence-corrected chi connectivity index (χ0v) is 18.1. The lowest BCUT2D eigenvalue weighted by Crippen LogP contribution is -2.38. The van der Waals surface area contributed by atoms with Crippen molar-refractivity contribution in [3.63, 3.8) is 0 Å². The average Bonchev–Trinajstić information content (AvgIpc) is 2.88. The fraction of sp³-hybridized carbons (Fsp3) is 0.412. The first kappa shape index (κ1) is 21.6. The number of methoxy groups -OCH3 is 1. The van der Waals surface area contributed by atoms with Crippen LogP contribution in [0.5, 0.6) is 5.88 Å². The predicted octanol–water partition coefficient (Wildman–Crippen LogP) is 3.30. The Morgan fingerprint density at radius 3 is 2.84 bits per heavy atom. The molecule has 0 amide bonds. The molecule has 2 heterocycles. The highest BCUT2D eigenvalue weighted by Crippen LogP contribution is 2.16. The minimum absolute atomic E-state index is 0. The van der Waals surface area contributed by atoms with Crippen LogP contribution in [0.3, 0.4) is 0 Å². The fourth-order valence-corrected chi connectivity index (χ4v) is 2.67. The maximum absolute atomic E-state index is 6.06. The number of aryl methyl sites for hydroxylation is 1. The molecule has 1 N–H and O–H groups in total. The average molecular weight is 478 g/mol. The lowest BCUT2D eigenvalue weighted by atomic mass is 10.3. The Kier molecular flexibility index (Phi) is 9.05. The van der Waals surface area contributed by atoms with Crippen molar-refractivity contribution in [3.8, 4) is 5.88 Å². The highest BCUT2D eigenvalue weighted by molar-refractivity contribution is 14.0. The van der Waals surface area contributed by atoms with Crippen LogP contribution in [-0.2, 0) is 20.1 Å². The summed E-state index contributed by atoms with van der Waals surface area (Å²) in [5, 5.41) is 4.05. The Morgan fingerprint density at radius 1 is 1.48 bits per heavy atom. The SMILES string of the molecule is CCNC(=NCc1cccnc1OC)N(C)Cc1cc(Cl)cn1C.I. The number of hydrogen-bond donors (Lipinski definition) is 1. The first-order chi connectivity index (χ1) is 11.5. The molecule has 0 aliphatic heterocycles. The molecule has 0 aliphatic carbocycles. The lowest BCUT2D eigenvalue weighted by Gasteiger charge is -2.22. The molecule has 0 aromatic carbocycles. The van der Waals surface area contributed by atoms with Crippen LogP contribution in [0.2, 0.25) is 5.02 Å². The van der Waals surface area contributed by atoms with Crippen LogP contribution in [0.1, 0.15) is 18.2 Å². The second kappa shape index (κ2) is 10.5. The second-order valence-electron chi connectivity index (χ2n) is 5.46. The molecule has 0 saturated carbocycles. The highest BCUT2D eigenvalue weighted by atomic mass is 127. The van der Waals surface area contributed by atoms with Gasteiger partial charge in [0.2, 0.25) is 5.88 Å². The standard InChI is InChI=1S/C17H24ClN5O.HI/c1-5-19-17(21-10-13-7-6-8-20-16(13)24-4)23(3)12-15-9-14(18)11-22(15)2;/h6-9,11H,5,10,12H2,1-4H3,(H,19,21);1H. The van der Waals surface area contributed by atoms with E-state index in [1.54, 1.807) is 13.3 Å². The van der Waals surface area contributed by atoms with E-state index >= 15 is 0 Å². The van der Waals surface area contributed by atoms with Crippen molar-refractivity contribution in [3.05, 3.63) is 46.9 Å². The Bertz CT molecular complexity index is 704. The Labute approximate surface area is 171 Å². The minimum Gasteiger partial charge on any atom is -0.481 e. The molecule has 2 rings (SSSR count). The van der Waals surface area contributed by atoms with Gasteiger partial charge in [-0.25, -0.2) is 9.98 Å². The molecule has 8 heteroatoms. The summed E-state index contributed by atoms with van der Waals surface area (Å²) >= 11 is 6.06. The fourth-order valence-electron chi connectivity index (χ4n) is 2.40. The normalized spacial score (nSPS) is 11.0. The number of hydrogen-bond acceptors (Lipinski definition) is 3.